The molecule has 0 spiro atoms. The van der Waals surface area contributed by atoms with Crippen molar-refractivity contribution in [3.63, 3.8) is 0 Å². The molecule has 18 heavy (non-hydrogen) atoms. The zero-order valence-corrected chi connectivity index (χ0v) is 11.9. The number of nitrogens with zero attached hydrogens (tertiary/aromatic N) is 2. The van der Waals surface area contributed by atoms with Gasteiger partial charge in [0.2, 0.25) is 0 Å². The lowest BCUT2D eigenvalue weighted by atomic mass is 10.2. The first kappa shape index (κ1) is 13.0. The van der Waals surface area contributed by atoms with E-state index in [1.807, 2.05) is 0 Å². The molecule has 1 aromatic heterocycles. The Morgan fingerprint density at radius 3 is 2.94 bits per heavy atom. The number of nitro benzene ring substituents is 1. The molecule has 0 aliphatic rings. The number of anilines is 1. The molecule has 0 fully saturated rings. The first-order valence-corrected chi connectivity index (χ1v) is 6.81. The summed E-state index contributed by atoms with van der Waals surface area (Å²) in [7, 11) is 0. The normalized spacial score (nSPS) is 10.3. The van der Waals surface area contributed by atoms with Gasteiger partial charge < -0.3 is 5.32 Å². The van der Waals surface area contributed by atoms with E-state index >= 15 is 0 Å². The quantitative estimate of drug-likeness (QED) is 0.686. The summed E-state index contributed by atoms with van der Waals surface area (Å²) >= 11 is 4.90. The molecule has 1 aromatic carbocycles. The lowest BCUT2D eigenvalue weighted by Gasteiger charge is -2.08. The minimum Gasteiger partial charge on any atom is -0.379 e. The number of aromatic nitrogens is 1. The van der Waals surface area contributed by atoms with Crippen LogP contribution in [0.25, 0.3) is 0 Å². The Labute approximate surface area is 116 Å². The minimum absolute atomic E-state index is 0.116. The van der Waals surface area contributed by atoms with Crippen LogP contribution in [0.1, 0.15) is 10.4 Å². The first-order valence-electron chi connectivity index (χ1n) is 5.13. The van der Waals surface area contributed by atoms with E-state index in [-0.39, 0.29) is 10.6 Å². The third kappa shape index (κ3) is 2.85. The van der Waals surface area contributed by atoms with Crippen LogP contribution in [0, 0.1) is 17.0 Å². The third-order valence-corrected chi connectivity index (χ3v) is 3.85. The summed E-state index contributed by atoms with van der Waals surface area (Å²) in [6, 6.07) is 3.29. The van der Waals surface area contributed by atoms with Crippen molar-refractivity contribution < 1.29 is 4.92 Å². The molecule has 5 nitrogen and oxygen atoms in total. The SMILES string of the molecule is Cc1cc(NCc2cncs2)c(Br)cc1[N+](=O)[O-]. The summed E-state index contributed by atoms with van der Waals surface area (Å²) in [5.41, 5.74) is 3.36. The Balaban J connectivity index is 2.19. The largest absolute Gasteiger partial charge is 0.379 e. The van der Waals surface area contributed by atoms with Gasteiger partial charge in [-0.1, -0.05) is 0 Å². The molecule has 0 bridgehead atoms. The molecule has 1 N–H and O–H groups in total. The van der Waals surface area contributed by atoms with Gasteiger partial charge in [0.25, 0.3) is 5.69 Å². The number of hydrogen-bond donors (Lipinski definition) is 1. The van der Waals surface area contributed by atoms with Crippen LogP contribution in [0.3, 0.4) is 0 Å². The van der Waals surface area contributed by atoms with E-state index in [0.717, 1.165) is 10.6 Å². The molecule has 0 saturated carbocycles. The fourth-order valence-corrected chi connectivity index (χ4v) is 2.52. The van der Waals surface area contributed by atoms with Gasteiger partial charge in [0, 0.05) is 32.9 Å². The Bertz CT molecular complexity index is 572. The second kappa shape index (κ2) is 5.45. The molecule has 0 radical (unpaired) electrons. The summed E-state index contributed by atoms with van der Waals surface area (Å²) in [5.74, 6) is 0. The van der Waals surface area contributed by atoms with Crippen molar-refractivity contribution >= 4 is 38.6 Å². The Kier molecular flexibility index (Phi) is 3.93. The van der Waals surface area contributed by atoms with E-state index in [2.05, 4.69) is 26.2 Å². The number of rotatable bonds is 4. The molecular weight excluding hydrogens is 318 g/mol. The standard InChI is InChI=1S/C11H10BrN3O2S/c1-7-2-10(9(12)3-11(7)15(16)17)14-5-8-4-13-6-18-8/h2-4,6,14H,5H2,1H3. The van der Waals surface area contributed by atoms with Gasteiger partial charge in [0.15, 0.2) is 0 Å². The van der Waals surface area contributed by atoms with Crippen LogP contribution in [0.4, 0.5) is 11.4 Å². The highest BCUT2D eigenvalue weighted by atomic mass is 79.9. The van der Waals surface area contributed by atoms with Crippen LogP contribution in [0.2, 0.25) is 0 Å². The van der Waals surface area contributed by atoms with Gasteiger partial charge in [0.1, 0.15) is 0 Å². The number of thiazole rings is 1. The second-order valence-corrected chi connectivity index (χ2v) is 5.52. The summed E-state index contributed by atoms with van der Waals surface area (Å²) < 4.78 is 0.685. The lowest BCUT2D eigenvalue weighted by Crippen LogP contribution is -2.00. The number of nitrogens with one attached hydrogen (secondary N) is 1. The third-order valence-electron chi connectivity index (χ3n) is 2.42. The van der Waals surface area contributed by atoms with E-state index in [4.69, 9.17) is 0 Å². The van der Waals surface area contributed by atoms with Gasteiger partial charge in [-0.2, -0.15) is 0 Å². The smallest absolute Gasteiger partial charge is 0.273 e. The zero-order valence-electron chi connectivity index (χ0n) is 9.51. The number of nitro groups is 1. The maximum atomic E-state index is 10.8. The fourth-order valence-electron chi connectivity index (χ4n) is 1.51. The van der Waals surface area contributed by atoms with Crippen LogP contribution in [0.5, 0.6) is 0 Å². The van der Waals surface area contributed by atoms with Gasteiger partial charge in [-0.15, -0.1) is 11.3 Å². The van der Waals surface area contributed by atoms with E-state index in [1.165, 1.54) is 6.07 Å². The molecule has 0 unspecified atom stereocenters. The van der Waals surface area contributed by atoms with Crippen LogP contribution in [-0.4, -0.2) is 9.91 Å². The summed E-state index contributed by atoms with van der Waals surface area (Å²) in [4.78, 5) is 15.5. The molecule has 0 aliphatic carbocycles. The number of aryl methyl sites for hydroxylation is 1. The molecule has 0 atom stereocenters. The van der Waals surface area contributed by atoms with Crippen molar-refractivity contribution in [2.24, 2.45) is 0 Å². The van der Waals surface area contributed by atoms with Gasteiger partial charge >= 0.3 is 0 Å². The maximum absolute atomic E-state index is 10.8. The molecule has 0 saturated heterocycles. The van der Waals surface area contributed by atoms with E-state index in [0.29, 0.717) is 16.6 Å². The molecular formula is C11H10BrN3O2S. The minimum atomic E-state index is -0.382. The van der Waals surface area contributed by atoms with Gasteiger partial charge in [0.05, 0.1) is 17.0 Å². The highest BCUT2D eigenvalue weighted by molar-refractivity contribution is 9.10. The van der Waals surface area contributed by atoms with Crippen LogP contribution in [-0.2, 0) is 6.54 Å². The van der Waals surface area contributed by atoms with Crippen molar-refractivity contribution in [2.75, 3.05) is 5.32 Å². The molecule has 0 aliphatic heterocycles. The average Bonchev–Trinajstić information content (AvgIpc) is 2.82. The highest BCUT2D eigenvalue weighted by Crippen LogP contribution is 2.31. The van der Waals surface area contributed by atoms with E-state index in [9.17, 15) is 10.1 Å². The summed E-state index contributed by atoms with van der Waals surface area (Å²) in [6.07, 6.45) is 1.80. The maximum Gasteiger partial charge on any atom is 0.273 e. The first-order chi connectivity index (χ1) is 8.58. The monoisotopic (exact) mass is 327 g/mol. The van der Waals surface area contributed by atoms with Gasteiger partial charge in [-0.25, -0.2) is 0 Å². The molecule has 2 rings (SSSR count). The van der Waals surface area contributed by atoms with Crippen molar-refractivity contribution in [3.05, 3.63) is 48.9 Å². The molecule has 7 heteroatoms. The summed E-state index contributed by atoms with van der Waals surface area (Å²) in [6.45, 7) is 2.38. The predicted molar refractivity (Wildman–Crippen MR) is 75.0 cm³/mol. The second-order valence-electron chi connectivity index (χ2n) is 3.70. The van der Waals surface area contributed by atoms with Crippen molar-refractivity contribution in [2.45, 2.75) is 13.5 Å². The van der Waals surface area contributed by atoms with Crippen molar-refractivity contribution in [1.82, 2.24) is 4.98 Å². The van der Waals surface area contributed by atoms with Crippen LogP contribution < -0.4 is 5.32 Å². The Morgan fingerprint density at radius 1 is 1.56 bits per heavy atom. The fraction of sp³-hybridized carbons (Fsp3) is 0.182. The van der Waals surface area contributed by atoms with Crippen molar-refractivity contribution in [1.29, 1.82) is 0 Å². The van der Waals surface area contributed by atoms with Gasteiger partial charge in [-0.3, -0.25) is 15.1 Å². The number of benzene rings is 1. The van der Waals surface area contributed by atoms with E-state index < -0.39 is 0 Å². The average molecular weight is 328 g/mol. The van der Waals surface area contributed by atoms with Gasteiger partial charge in [-0.05, 0) is 28.9 Å². The Morgan fingerprint density at radius 2 is 2.33 bits per heavy atom. The lowest BCUT2D eigenvalue weighted by molar-refractivity contribution is -0.385. The predicted octanol–water partition coefficient (Wildman–Crippen LogP) is 3.73. The Hall–Kier alpha value is -1.47. The number of halogens is 1. The van der Waals surface area contributed by atoms with Crippen LogP contribution >= 0.6 is 27.3 Å². The summed E-state index contributed by atoms with van der Waals surface area (Å²) in [5, 5.41) is 14.0. The molecule has 1 heterocycles. The number of hydrogen-bond acceptors (Lipinski definition) is 5. The molecule has 0 amide bonds. The van der Waals surface area contributed by atoms with Crippen molar-refractivity contribution in [3.8, 4) is 0 Å². The van der Waals surface area contributed by atoms with E-state index in [1.54, 1.807) is 36.0 Å². The topological polar surface area (TPSA) is 68.1 Å². The highest BCUT2D eigenvalue weighted by Gasteiger charge is 2.13. The zero-order chi connectivity index (χ0) is 13.1. The van der Waals surface area contributed by atoms with Crippen LogP contribution in [0.15, 0.2) is 28.3 Å². The molecule has 94 valence electrons. The molecule has 2 aromatic rings.